The molecule has 0 aliphatic carbocycles. The Morgan fingerprint density at radius 1 is 1.38 bits per heavy atom. The Hall–Kier alpha value is -1.46. The van der Waals surface area contributed by atoms with E-state index in [4.69, 9.17) is 23.8 Å². The second kappa shape index (κ2) is 4.19. The number of nitrogens with one attached hydrogen (secondary N) is 1. The van der Waals surface area contributed by atoms with Gasteiger partial charge in [-0.1, -0.05) is 11.6 Å². The molecule has 0 unspecified atom stereocenters. The van der Waals surface area contributed by atoms with Crippen molar-refractivity contribution in [3.05, 3.63) is 56.4 Å². The number of nitrogens with zero attached hydrogens (tertiary/aromatic N) is 1. The van der Waals surface area contributed by atoms with Crippen LogP contribution in [-0.2, 0) is 0 Å². The number of hydrogen-bond acceptors (Lipinski definition) is 2. The van der Waals surface area contributed by atoms with E-state index in [0.717, 1.165) is 0 Å². The van der Waals surface area contributed by atoms with Crippen LogP contribution in [0.2, 0.25) is 5.02 Å². The van der Waals surface area contributed by atoms with Gasteiger partial charge in [-0.05, 0) is 30.4 Å². The zero-order valence-corrected chi connectivity index (χ0v) is 9.48. The van der Waals surface area contributed by atoms with Crippen LogP contribution in [0.25, 0.3) is 5.69 Å². The second-order valence-corrected chi connectivity index (χ2v) is 3.87. The fraction of sp³-hybridized carbons (Fsp3) is 0. The Bertz CT molecular complexity index is 650. The first-order valence-corrected chi connectivity index (χ1v) is 5.14. The van der Waals surface area contributed by atoms with Crippen LogP contribution in [0.1, 0.15) is 0 Å². The fourth-order valence-electron chi connectivity index (χ4n) is 1.28. The van der Waals surface area contributed by atoms with Gasteiger partial charge in [0.1, 0.15) is 5.82 Å². The van der Waals surface area contributed by atoms with E-state index in [1.807, 2.05) is 0 Å². The number of hydrogen-bond donors (Lipinski definition) is 1. The first kappa shape index (κ1) is 11.0. The Morgan fingerprint density at radius 2 is 2.12 bits per heavy atom. The van der Waals surface area contributed by atoms with Crippen LogP contribution in [0.4, 0.5) is 4.39 Å². The van der Waals surface area contributed by atoms with E-state index in [-0.39, 0.29) is 15.4 Å². The molecule has 1 N–H and O–H groups in total. The number of rotatable bonds is 1. The molecule has 1 heterocycles. The van der Waals surface area contributed by atoms with Crippen molar-refractivity contribution in [3.63, 3.8) is 0 Å². The van der Waals surface area contributed by atoms with Gasteiger partial charge in [0.25, 0.3) is 5.56 Å². The monoisotopic (exact) mass is 256 g/mol. The first-order chi connectivity index (χ1) is 7.58. The van der Waals surface area contributed by atoms with Gasteiger partial charge in [0.15, 0.2) is 4.77 Å². The van der Waals surface area contributed by atoms with Gasteiger partial charge in [-0.2, -0.15) is 0 Å². The molecule has 16 heavy (non-hydrogen) atoms. The van der Waals surface area contributed by atoms with Crippen molar-refractivity contribution in [3.8, 4) is 5.69 Å². The van der Waals surface area contributed by atoms with Gasteiger partial charge < -0.3 is 0 Å². The molecule has 0 aliphatic rings. The summed E-state index contributed by atoms with van der Waals surface area (Å²) in [6.45, 7) is 0. The maximum Gasteiger partial charge on any atom is 0.251 e. The third kappa shape index (κ3) is 2.05. The van der Waals surface area contributed by atoms with E-state index in [1.165, 1.54) is 35.0 Å². The minimum Gasteiger partial charge on any atom is -0.299 e. The standard InChI is InChI=1S/C10H6ClFN2OS/c11-7-5-6(12)1-2-8(7)14-4-3-9(15)13-10(14)16/h1-5H,(H,13,15,16). The summed E-state index contributed by atoms with van der Waals surface area (Å²) in [6.07, 6.45) is 1.49. The van der Waals surface area contributed by atoms with Crippen LogP contribution >= 0.6 is 23.8 Å². The van der Waals surface area contributed by atoms with Crippen molar-refractivity contribution >= 4 is 23.8 Å². The summed E-state index contributed by atoms with van der Waals surface area (Å²) >= 11 is 10.8. The van der Waals surface area contributed by atoms with Crippen molar-refractivity contribution in [2.75, 3.05) is 0 Å². The average Bonchev–Trinajstić information content (AvgIpc) is 2.19. The molecule has 0 bridgehead atoms. The lowest BCUT2D eigenvalue weighted by Crippen LogP contribution is -2.10. The van der Waals surface area contributed by atoms with E-state index in [2.05, 4.69) is 4.98 Å². The highest BCUT2D eigenvalue weighted by atomic mass is 35.5. The lowest BCUT2D eigenvalue weighted by atomic mass is 10.3. The molecule has 0 saturated heterocycles. The highest BCUT2D eigenvalue weighted by Gasteiger charge is 2.04. The van der Waals surface area contributed by atoms with Crippen molar-refractivity contribution in [1.82, 2.24) is 9.55 Å². The molecule has 2 rings (SSSR count). The highest BCUT2D eigenvalue weighted by molar-refractivity contribution is 7.71. The quantitative estimate of drug-likeness (QED) is 0.797. The normalized spacial score (nSPS) is 10.4. The van der Waals surface area contributed by atoms with Crippen LogP contribution in [0.15, 0.2) is 35.3 Å². The summed E-state index contributed by atoms with van der Waals surface area (Å²) in [5.41, 5.74) is 0.226. The van der Waals surface area contributed by atoms with Gasteiger partial charge >= 0.3 is 0 Å². The largest absolute Gasteiger partial charge is 0.299 e. The summed E-state index contributed by atoms with van der Waals surface area (Å²) in [7, 11) is 0. The maximum absolute atomic E-state index is 12.9. The molecular weight excluding hydrogens is 251 g/mol. The van der Waals surface area contributed by atoms with E-state index < -0.39 is 5.82 Å². The molecule has 3 nitrogen and oxygen atoms in total. The lowest BCUT2D eigenvalue weighted by molar-refractivity contribution is 0.627. The summed E-state index contributed by atoms with van der Waals surface area (Å²) < 4.78 is 14.6. The molecule has 1 aromatic carbocycles. The zero-order chi connectivity index (χ0) is 11.7. The third-order valence-electron chi connectivity index (χ3n) is 1.99. The summed E-state index contributed by atoms with van der Waals surface area (Å²) in [6, 6.07) is 5.26. The highest BCUT2D eigenvalue weighted by Crippen LogP contribution is 2.20. The topological polar surface area (TPSA) is 37.8 Å². The van der Waals surface area contributed by atoms with Gasteiger partial charge in [0, 0.05) is 12.3 Å². The predicted molar refractivity (Wildman–Crippen MR) is 62.2 cm³/mol. The number of aromatic nitrogens is 2. The van der Waals surface area contributed by atoms with E-state index in [9.17, 15) is 9.18 Å². The number of halogens is 2. The number of benzene rings is 1. The molecular formula is C10H6ClFN2OS. The van der Waals surface area contributed by atoms with Crippen LogP contribution < -0.4 is 5.56 Å². The smallest absolute Gasteiger partial charge is 0.251 e. The first-order valence-electron chi connectivity index (χ1n) is 4.35. The SMILES string of the molecule is O=c1ccn(-c2ccc(F)cc2Cl)c(=S)[nH]1. The van der Waals surface area contributed by atoms with Crippen LogP contribution in [0.3, 0.4) is 0 Å². The second-order valence-electron chi connectivity index (χ2n) is 3.08. The van der Waals surface area contributed by atoms with Crippen LogP contribution in [-0.4, -0.2) is 9.55 Å². The average molecular weight is 257 g/mol. The van der Waals surface area contributed by atoms with Crippen LogP contribution in [0.5, 0.6) is 0 Å². The molecule has 0 radical (unpaired) electrons. The van der Waals surface area contributed by atoms with E-state index in [1.54, 1.807) is 0 Å². The number of aromatic amines is 1. The third-order valence-corrected chi connectivity index (χ3v) is 2.59. The minimum atomic E-state index is -0.426. The molecule has 0 atom stereocenters. The molecule has 6 heteroatoms. The Labute approximate surface area is 100 Å². The zero-order valence-electron chi connectivity index (χ0n) is 7.91. The molecule has 0 spiro atoms. The Kier molecular flexibility index (Phi) is 2.89. The Morgan fingerprint density at radius 3 is 2.75 bits per heavy atom. The lowest BCUT2D eigenvalue weighted by Gasteiger charge is -2.07. The summed E-state index contributed by atoms with van der Waals surface area (Å²) in [4.78, 5) is 13.4. The van der Waals surface area contributed by atoms with Crippen molar-refractivity contribution in [2.24, 2.45) is 0 Å². The predicted octanol–water partition coefficient (Wildman–Crippen LogP) is 2.69. The van der Waals surface area contributed by atoms with E-state index in [0.29, 0.717) is 5.69 Å². The molecule has 1 aromatic heterocycles. The van der Waals surface area contributed by atoms with E-state index >= 15 is 0 Å². The van der Waals surface area contributed by atoms with Crippen molar-refractivity contribution in [2.45, 2.75) is 0 Å². The molecule has 0 fully saturated rings. The molecule has 82 valence electrons. The van der Waals surface area contributed by atoms with Gasteiger partial charge in [0.05, 0.1) is 10.7 Å². The van der Waals surface area contributed by atoms with Crippen molar-refractivity contribution in [1.29, 1.82) is 0 Å². The molecule has 0 amide bonds. The molecule has 0 aliphatic heterocycles. The van der Waals surface area contributed by atoms with Crippen LogP contribution in [0, 0.1) is 10.6 Å². The minimum absolute atomic E-state index is 0.209. The summed E-state index contributed by atoms with van der Waals surface area (Å²) in [5, 5.41) is 0.225. The summed E-state index contributed by atoms with van der Waals surface area (Å²) in [5.74, 6) is -0.426. The van der Waals surface area contributed by atoms with Gasteiger partial charge in [-0.3, -0.25) is 14.3 Å². The Balaban J connectivity index is 2.68. The molecule has 0 saturated carbocycles. The van der Waals surface area contributed by atoms with Crippen molar-refractivity contribution < 1.29 is 4.39 Å². The fourth-order valence-corrected chi connectivity index (χ4v) is 1.80. The number of H-pyrrole nitrogens is 1. The van der Waals surface area contributed by atoms with Gasteiger partial charge in [-0.25, -0.2) is 4.39 Å². The molecule has 2 aromatic rings. The maximum atomic E-state index is 12.9. The van der Waals surface area contributed by atoms with Gasteiger partial charge in [0.2, 0.25) is 0 Å². The van der Waals surface area contributed by atoms with Gasteiger partial charge in [-0.15, -0.1) is 0 Å².